The van der Waals surface area contributed by atoms with Crippen LogP contribution < -0.4 is 5.48 Å². The number of aliphatic carboxylic acids is 1. The number of nitrogens with two attached hydrogens (primary N) is 1. The average molecular weight is 181 g/mol. The fraction of sp³-hybridized carbons (Fsp3) is 0.800. The molecule has 6 heteroatoms. The highest BCUT2D eigenvalue weighted by atomic mass is 32.2. The molecular weight excluding hydrogens is 170 g/mol. The summed E-state index contributed by atoms with van der Waals surface area (Å²) in [6.07, 6.45) is 1.63. The zero-order valence-electron chi connectivity index (χ0n) is 6.15. The molecule has 2 atom stereocenters. The number of hydroxylamine groups is 1. The molecule has 0 aromatic heterocycles. The van der Waals surface area contributed by atoms with Crippen molar-refractivity contribution in [2.24, 2.45) is 0 Å². The van der Waals surface area contributed by atoms with Crippen LogP contribution in [-0.2, 0) is 15.6 Å². The van der Waals surface area contributed by atoms with Gasteiger partial charge in [-0.3, -0.25) is 4.21 Å². The Morgan fingerprint density at radius 1 is 1.82 bits per heavy atom. The second-order valence-corrected chi connectivity index (χ2v) is 3.70. The molecule has 5 nitrogen and oxygen atoms in total. The quantitative estimate of drug-likeness (QED) is 0.493. The van der Waals surface area contributed by atoms with Gasteiger partial charge >= 0.3 is 5.97 Å². The summed E-state index contributed by atoms with van der Waals surface area (Å²) in [5, 5.41) is 18.4. The highest BCUT2D eigenvalue weighted by Gasteiger charge is 2.16. The van der Waals surface area contributed by atoms with E-state index in [1.165, 1.54) is 6.26 Å². The van der Waals surface area contributed by atoms with Crippen LogP contribution in [-0.4, -0.2) is 33.3 Å². The summed E-state index contributed by atoms with van der Waals surface area (Å²) in [6, 6.07) is -1.00. The van der Waals surface area contributed by atoms with Gasteiger partial charge in [-0.15, -0.1) is 0 Å². The molecule has 0 saturated heterocycles. The van der Waals surface area contributed by atoms with Crippen LogP contribution in [0.5, 0.6) is 0 Å². The van der Waals surface area contributed by atoms with E-state index in [-0.39, 0.29) is 12.2 Å². The number of quaternary nitrogens is 1. The number of hydrogen-bond acceptors (Lipinski definition) is 3. The zero-order valence-corrected chi connectivity index (χ0v) is 6.97. The summed E-state index contributed by atoms with van der Waals surface area (Å²) in [6.45, 7) is 0. The van der Waals surface area contributed by atoms with E-state index < -0.39 is 22.8 Å². The average Bonchev–Trinajstić information content (AvgIpc) is 1.87. The number of carbonyl (C=O) groups is 1. The maximum atomic E-state index is 10.5. The molecule has 0 aliphatic rings. The molecule has 0 amide bonds. The first-order valence-electron chi connectivity index (χ1n) is 3.06. The Morgan fingerprint density at radius 3 is 2.64 bits per heavy atom. The van der Waals surface area contributed by atoms with Gasteiger partial charge in [0, 0.05) is 29.2 Å². The molecular formula is C5H11NO4S. The second-order valence-electron chi connectivity index (χ2n) is 2.15. The Kier molecular flexibility index (Phi) is 5.01. The largest absolute Gasteiger partial charge is 0.635 e. The molecule has 0 heterocycles. The van der Waals surface area contributed by atoms with E-state index in [9.17, 15) is 14.2 Å². The maximum Gasteiger partial charge on any atom is 0.362 e. The van der Waals surface area contributed by atoms with Crippen molar-refractivity contribution in [3.63, 3.8) is 0 Å². The Bertz CT molecular complexity index is 161. The number of carboxylic acids is 1. The van der Waals surface area contributed by atoms with Gasteiger partial charge in [-0.25, -0.2) is 4.79 Å². The molecule has 0 aromatic carbocycles. The Morgan fingerprint density at radius 2 is 2.36 bits per heavy atom. The van der Waals surface area contributed by atoms with Crippen molar-refractivity contribution in [3.05, 3.63) is 5.21 Å². The summed E-state index contributed by atoms with van der Waals surface area (Å²) in [5.41, 5.74) is 0.370. The third kappa shape index (κ3) is 4.88. The topological polar surface area (TPSA) is 94.0 Å². The van der Waals surface area contributed by atoms with Crippen molar-refractivity contribution in [2.75, 3.05) is 12.0 Å². The predicted octanol–water partition coefficient (Wildman–Crippen LogP) is -1.73. The van der Waals surface area contributed by atoms with Gasteiger partial charge in [-0.05, 0) is 0 Å². The smallest absolute Gasteiger partial charge is 0.362 e. The van der Waals surface area contributed by atoms with Crippen molar-refractivity contribution in [1.82, 2.24) is 0 Å². The highest BCUT2D eigenvalue weighted by Crippen LogP contribution is 1.88. The molecule has 0 saturated carbocycles. The predicted molar refractivity (Wildman–Crippen MR) is 40.3 cm³/mol. The first-order valence-corrected chi connectivity index (χ1v) is 4.78. The lowest BCUT2D eigenvalue weighted by molar-refractivity contribution is -0.615. The minimum Gasteiger partial charge on any atom is -0.635 e. The summed E-state index contributed by atoms with van der Waals surface area (Å²) in [7, 11) is -1.03. The van der Waals surface area contributed by atoms with Crippen LogP contribution in [0.15, 0.2) is 0 Å². The van der Waals surface area contributed by atoms with E-state index in [0.29, 0.717) is 5.48 Å². The SMILES string of the molecule is CS(=O)CC[C@H]([NH2+][O-])C(=O)O. The third-order valence-electron chi connectivity index (χ3n) is 1.20. The maximum absolute atomic E-state index is 10.5. The van der Waals surface area contributed by atoms with Gasteiger partial charge in [0.25, 0.3) is 0 Å². The van der Waals surface area contributed by atoms with E-state index in [1.54, 1.807) is 0 Å². The fourth-order valence-corrected chi connectivity index (χ4v) is 1.13. The molecule has 66 valence electrons. The van der Waals surface area contributed by atoms with Crippen molar-refractivity contribution in [1.29, 1.82) is 0 Å². The monoisotopic (exact) mass is 181 g/mol. The Hall–Kier alpha value is -0.460. The van der Waals surface area contributed by atoms with Gasteiger partial charge in [0.2, 0.25) is 0 Å². The van der Waals surface area contributed by atoms with E-state index in [4.69, 9.17) is 5.11 Å². The van der Waals surface area contributed by atoms with Crippen LogP contribution in [0.2, 0.25) is 0 Å². The molecule has 1 unspecified atom stereocenters. The molecule has 0 fully saturated rings. The van der Waals surface area contributed by atoms with Crippen LogP contribution in [0, 0.1) is 5.21 Å². The van der Waals surface area contributed by atoms with Crippen molar-refractivity contribution in [3.8, 4) is 0 Å². The van der Waals surface area contributed by atoms with E-state index in [1.807, 2.05) is 0 Å². The molecule has 0 rings (SSSR count). The molecule has 0 aliphatic heterocycles. The van der Waals surface area contributed by atoms with Crippen molar-refractivity contribution >= 4 is 16.8 Å². The van der Waals surface area contributed by atoms with Gasteiger partial charge in [0.05, 0.1) is 0 Å². The number of rotatable bonds is 5. The van der Waals surface area contributed by atoms with E-state index >= 15 is 0 Å². The van der Waals surface area contributed by atoms with E-state index in [2.05, 4.69) is 0 Å². The molecule has 0 aliphatic carbocycles. The molecule has 0 radical (unpaired) electrons. The summed E-state index contributed by atoms with van der Waals surface area (Å²) >= 11 is 0. The summed E-state index contributed by atoms with van der Waals surface area (Å²) in [4.78, 5) is 10.2. The van der Waals surface area contributed by atoms with Crippen LogP contribution in [0.3, 0.4) is 0 Å². The Labute approximate surface area is 66.8 Å². The highest BCUT2D eigenvalue weighted by molar-refractivity contribution is 7.84. The lowest BCUT2D eigenvalue weighted by Crippen LogP contribution is -2.86. The van der Waals surface area contributed by atoms with Crippen LogP contribution in [0.1, 0.15) is 6.42 Å². The first kappa shape index (κ1) is 10.5. The summed E-state index contributed by atoms with van der Waals surface area (Å²) in [5.74, 6) is -0.888. The minimum atomic E-state index is -1.15. The van der Waals surface area contributed by atoms with Crippen molar-refractivity contribution < 1.29 is 19.6 Å². The van der Waals surface area contributed by atoms with Gasteiger partial charge < -0.3 is 15.8 Å². The fourth-order valence-electron chi connectivity index (χ4n) is 0.543. The van der Waals surface area contributed by atoms with Gasteiger partial charge in [-0.1, -0.05) is 0 Å². The first-order chi connectivity index (χ1) is 5.07. The second kappa shape index (κ2) is 5.22. The molecule has 11 heavy (non-hydrogen) atoms. The normalized spacial score (nSPS) is 15.8. The van der Waals surface area contributed by atoms with Crippen LogP contribution in [0.4, 0.5) is 0 Å². The Balaban J connectivity index is 3.70. The molecule has 0 aromatic rings. The van der Waals surface area contributed by atoms with Gasteiger partial charge in [0.15, 0.2) is 6.04 Å². The van der Waals surface area contributed by atoms with Gasteiger partial charge in [0.1, 0.15) is 0 Å². The molecule has 0 spiro atoms. The number of hydrogen-bond donors (Lipinski definition) is 2. The molecule has 3 N–H and O–H groups in total. The van der Waals surface area contributed by atoms with Crippen LogP contribution in [0.25, 0.3) is 0 Å². The number of carboxylic acid groups (broad SMARTS) is 1. The molecule has 0 bridgehead atoms. The standard InChI is InChI=1S/C5H11NO4S/c1-11(10)3-2-4(6-9)5(7)8/h4H,2-3,6H2,1H3,(H,7,8)/t4-,11?/m0/s1. The summed E-state index contributed by atoms with van der Waals surface area (Å²) < 4.78 is 10.5. The van der Waals surface area contributed by atoms with Gasteiger partial charge in [-0.2, -0.15) is 0 Å². The minimum absolute atomic E-state index is 0.155. The van der Waals surface area contributed by atoms with Crippen LogP contribution >= 0.6 is 0 Å². The van der Waals surface area contributed by atoms with E-state index in [0.717, 1.165) is 0 Å². The third-order valence-corrected chi connectivity index (χ3v) is 2.01. The zero-order chi connectivity index (χ0) is 8.85. The lowest BCUT2D eigenvalue weighted by atomic mass is 10.2. The lowest BCUT2D eigenvalue weighted by Gasteiger charge is -2.10. The van der Waals surface area contributed by atoms with Crippen molar-refractivity contribution in [2.45, 2.75) is 12.5 Å².